The van der Waals surface area contributed by atoms with Crippen LogP contribution in [0.4, 0.5) is 9.18 Å². The number of primary amides is 1. The maximum absolute atomic E-state index is 13.6. The molecule has 0 saturated heterocycles. The minimum atomic E-state index is -0.634. The average molecular weight is 343 g/mol. The summed E-state index contributed by atoms with van der Waals surface area (Å²) in [5, 5.41) is 7.38. The molecule has 1 aromatic heterocycles. The molecule has 1 aromatic carbocycles. The van der Waals surface area contributed by atoms with Crippen LogP contribution in [0, 0.1) is 5.82 Å². The fraction of sp³-hybridized carbons (Fsp3) is 0.353. The Kier molecular flexibility index (Phi) is 3.67. The van der Waals surface area contributed by atoms with E-state index in [-0.39, 0.29) is 24.2 Å². The number of aromatic nitrogens is 2. The van der Waals surface area contributed by atoms with Crippen LogP contribution in [0.2, 0.25) is 0 Å². The first kappa shape index (κ1) is 15.6. The van der Waals surface area contributed by atoms with Crippen molar-refractivity contribution in [2.75, 3.05) is 6.54 Å². The topological polar surface area (TPSA) is 93.2 Å². The van der Waals surface area contributed by atoms with Gasteiger partial charge in [-0.2, -0.15) is 5.10 Å². The lowest BCUT2D eigenvalue weighted by molar-refractivity contribution is 0.0997. The van der Waals surface area contributed by atoms with Crippen molar-refractivity contribution < 1.29 is 14.0 Å². The highest BCUT2D eigenvalue weighted by molar-refractivity contribution is 6.00. The number of carbonyl (C=O) groups is 2. The van der Waals surface area contributed by atoms with Crippen molar-refractivity contribution in [1.29, 1.82) is 0 Å². The Balaban J connectivity index is 1.69. The standard InChI is InChI=1S/C17H18FN5O2/c18-11-3-1-2-10(8-11)15-14(16(19)24)13-9-22(6-7-23(13)21-15)17(25)20-12-4-5-12/h1-3,8,12H,4-7,9H2,(H2,19,24)(H,20,25). The molecule has 1 saturated carbocycles. The third-order valence-electron chi connectivity index (χ3n) is 4.52. The van der Waals surface area contributed by atoms with E-state index < -0.39 is 11.7 Å². The Labute approximate surface area is 143 Å². The zero-order valence-corrected chi connectivity index (χ0v) is 13.5. The second-order valence-corrected chi connectivity index (χ2v) is 6.41. The van der Waals surface area contributed by atoms with Gasteiger partial charge in [-0.05, 0) is 25.0 Å². The molecule has 25 heavy (non-hydrogen) atoms. The summed E-state index contributed by atoms with van der Waals surface area (Å²) in [5.41, 5.74) is 7.24. The first-order valence-corrected chi connectivity index (χ1v) is 8.24. The molecule has 0 radical (unpaired) electrons. The van der Waals surface area contributed by atoms with E-state index in [1.54, 1.807) is 21.7 Å². The largest absolute Gasteiger partial charge is 0.365 e. The number of nitrogens with zero attached hydrogens (tertiary/aromatic N) is 3. The second-order valence-electron chi connectivity index (χ2n) is 6.41. The van der Waals surface area contributed by atoms with Gasteiger partial charge in [-0.25, -0.2) is 9.18 Å². The molecule has 2 heterocycles. The van der Waals surface area contributed by atoms with Crippen LogP contribution < -0.4 is 11.1 Å². The Bertz CT molecular complexity index is 859. The summed E-state index contributed by atoms with van der Waals surface area (Å²) in [5.74, 6) is -1.05. The molecule has 0 spiro atoms. The Morgan fingerprint density at radius 2 is 2.08 bits per heavy atom. The minimum Gasteiger partial charge on any atom is -0.365 e. The van der Waals surface area contributed by atoms with E-state index in [4.69, 9.17) is 5.73 Å². The maximum Gasteiger partial charge on any atom is 0.318 e. The second kappa shape index (κ2) is 5.87. The Morgan fingerprint density at radius 1 is 1.28 bits per heavy atom. The Hall–Kier alpha value is -2.90. The molecule has 1 aliphatic carbocycles. The third-order valence-corrected chi connectivity index (χ3v) is 4.52. The number of urea groups is 1. The fourth-order valence-electron chi connectivity index (χ4n) is 3.08. The van der Waals surface area contributed by atoms with E-state index in [1.165, 1.54) is 12.1 Å². The van der Waals surface area contributed by atoms with E-state index in [0.29, 0.717) is 30.0 Å². The summed E-state index contributed by atoms with van der Waals surface area (Å²) in [6, 6.07) is 6.01. The molecule has 3 amide bonds. The van der Waals surface area contributed by atoms with E-state index in [0.717, 1.165) is 12.8 Å². The number of nitrogens with two attached hydrogens (primary N) is 1. The number of hydrogen-bond acceptors (Lipinski definition) is 3. The lowest BCUT2D eigenvalue weighted by Crippen LogP contribution is -2.45. The number of fused-ring (bicyclic) bond motifs is 1. The van der Waals surface area contributed by atoms with Crippen LogP contribution in [0.3, 0.4) is 0 Å². The predicted octanol–water partition coefficient (Wildman–Crippen LogP) is 1.48. The Morgan fingerprint density at radius 3 is 2.76 bits per heavy atom. The molecular weight excluding hydrogens is 325 g/mol. The molecule has 3 N–H and O–H groups in total. The van der Waals surface area contributed by atoms with E-state index in [2.05, 4.69) is 10.4 Å². The molecule has 4 rings (SSSR count). The molecule has 2 aromatic rings. The lowest BCUT2D eigenvalue weighted by atomic mass is 10.0. The van der Waals surface area contributed by atoms with Crippen LogP contribution in [0.25, 0.3) is 11.3 Å². The van der Waals surface area contributed by atoms with E-state index >= 15 is 0 Å². The van der Waals surface area contributed by atoms with Gasteiger partial charge in [0.05, 0.1) is 24.3 Å². The molecule has 8 heteroatoms. The summed E-state index contributed by atoms with van der Waals surface area (Å²) >= 11 is 0. The molecule has 0 bridgehead atoms. The van der Waals surface area contributed by atoms with Crippen LogP contribution in [-0.2, 0) is 13.1 Å². The molecule has 0 unspecified atom stereocenters. The number of rotatable bonds is 3. The molecule has 7 nitrogen and oxygen atoms in total. The van der Waals surface area contributed by atoms with Crippen LogP contribution in [-0.4, -0.2) is 39.2 Å². The van der Waals surface area contributed by atoms with Gasteiger partial charge >= 0.3 is 6.03 Å². The van der Waals surface area contributed by atoms with Crippen molar-refractivity contribution in [3.63, 3.8) is 0 Å². The quantitative estimate of drug-likeness (QED) is 0.884. The van der Waals surface area contributed by atoms with Crippen LogP contribution >= 0.6 is 0 Å². The zero-order valence-electron chi connectivity index (χ0n) is 13.5. The monoisotopic (exact) mass is 343 g/mol. The number of carbonyl (C=O) groups excluding carboxylic acids is 2. The third kappa shape index (κ3) is 2.95. The van der Waals surface area contributed by atoms with Gasteiger partial charge < -0.3 is 16.0 Å². The lowest BCUT2D eigenvalue weighted by Gasteiger charge is -2.28. The normalized spacial score (nSPS) is 16.4. The summed E-state index contributed by atoms with van der Waals surface area (Å²) < 4.78 is 15.2. The molecule has 1 fully saturated rings. The highest BCUT2D eigenvalue weighted by Gasteiger charge is 2.31. The van der Waals surface area contributed by atoms with Gasteiger partial charge in [-0.15, -0.1) is 0 Å². The van der Waals surface area contributed by atoms with Gasteiger partial charge in [0.2, 0.25) is 0 Å². The molecule has 2 aliphatic rings. The highest BCUT2D eigenvalue weighted by Crippen LogP contribution is 2.29. The summed E-state index contributed by atoms with van der Waals surface area (Å²) in [6.45, 7) is 1.20. The van der Waals surface area contributed by atoms with E-state index in [1.807, 2.05) is 0 Å². The SMILES string of the molecule is NC(=O)c1c(-c2cccc(F)c2)nn2c1CN(C(=O)NC1CC1)CC2. The maximum atomic E-state index is 13.6. The van der Waals surface area contributed by atoms with Gasteiger partial charge in [0.25, 0.3) is 5.91 Å². The van der Waals surface area contributed by atoms with Crippen LogP contribution in [0.1, 0.15) is 28.9 Å². The van der Waals surface area contributed by atoms with Crippen molar-refractivity contribution >= 4 is 11.9 Å². The number of nitrogens with one attached hydrogen (secondary N) is 1. The van der Waals surface area contributed by atoms with Crippen LogP contribution in [0.5, 0.6) is 0 Å². The molecule has 130 valence electrons. The summed E-state index contributed by atoms with van der Waals surface area (Å²) in [7, 11) is 0. The van der Waals surface area contributed by atoms with Crippen molar-refractivity contribution in [3.05, 3.63) is 41.3 Å². The van der Waals surface area contributed by atoms with Crippen LogP contribution in [0.15, 0.2) is 24.3 Å². The van der Waals surface area contributed by atoms with Crippen molar-refractivity contribution in [2.45, 2.75) is 32.0 Å². The van der Waals surface area contributed by atoms with Crippen molar-refractivity contribution in [2.24, 2.45) is 5.73 Å². The highest BCUT2D eigenvalue weighted by atomic mass is 19.1. The molecule has 1 aliphatic heterocycles. The number of halogens is 1. The van der Waals surface area contributed by atoms with Gasteiger partial charge in [-0.3, -0.25) is 9.48 Å². The minimum absolute atomic E-state index is 0.141. The number of hydrogen-bond donors (Lipinski definition) is 2. The fourth-order valence-corrected chi connectivity index (χ4v) is 3.08. The zero-order chi connectivity index (χ0) is 17.6. The smallest absolute Gasteiger partial charge is 0.318 e. The van der Waals surface area contributed by atoms with Gasteiger partial charge in [-0.1, -0.05) is 12.1 Å². The molecular formula is C17H18FN5O2. The first-order valence-electron chi connectivity index (χ1n) is 8.24. The summed E-state index contributed by atoms with van der Waals surface area (Å²) in [4.78, 5) is 26.0. The van der Waals surface area contributed by atoms with Gasteiger partial charge in [0.15, 0.2) is 0 Å². The van der Waals surface area contributed by atoms with Crippen molar-refractivity contribution in [3.8, 4) is 11.3 Å². The van der Waals surface area contributed by atoms with Crippen molar-refractivity contribution in [1.82, 2.24) is 20.0 Å². The van der Waals surface area contributed by atoms with E-state index in [9.17, 15) is 14.0 Å². The number of benzene rings is 1. The van der Waals surface area contributed by atoms with Gasteiger partial charge in [0, 0.05) is 18.2 Å². The average Bonchev–Trinajstić information content (AvgIpc) is 3.30. The predicted molar refractivity (Wildman–Crippen MR) is 88.1 cm³/mol. The number of amides is 3. The molecule has 0 atom stereocenters. The van der Waals surface area contributed by atoms with Gasteiger partial charge in [0.1, 0.15) is 11.5 Å². The first-order chi connectivity index (χ1) is 12.0. The summed E-state index contributed by atoms with van der Waals surface area (Å²) in [6.07, 6.45) is 2.02.